The molecule has 0 amide bonds. The molecule has 0 saturated carbocycles. The van der Waals surface area contributed by atoms with E-state index < -0.39 is 0 Å². The number of benzene rings is 2. The van der Waals surface area contributed by atoms with E-state index in [2.05, 4.69) is 11.1 Å². The van der Waals surface area contributed by atoms with Crippen molar-refractivity contribution in [2.45, 2.75) is 13.2 Å². The van der Waals surface area contributed by atoms with Crippen LogP contribution >= 0.6 is 23.2 Å². The van der Waals surface area contributed by atoms with Crippen molar-refractivity contribution in [2.75, 3.05) is 0 Å². The molecular weight excluding hydrogens is 293 g/mol. The summed E-state index contributed by atoms with van der Waals surface area (Å²) in [4.78, 5) is 0. The number of hydrogen-bond donors (Lipinski definition) is 0. The van der Waals surface area contributed by atoms with Gasteiger partial charge in [0.15, 0.2) is 6.23 Å². The molecule has 2 nitrogen and oxygen atoms in total. The van der Waals surface area contributed by atoms with Crippen LogP contribution in [0.5, 0.6) is 0 Å². The Bertz CT molecular complexity index is 748. The van der Waals surface area contributed by atoms with E-state index in [0.29, 0.717) is 10.0 Å². The van der Waals surface area contributed by atoms with Crippen LogP contribution in [0, 0.1) is 0 Å². The average Bonchev–Trinajstić information content (AvgIpc) is 2.72. The summed E-state index contributed by atoms with van der Waals surface area (Å²) in [5.41, 5.74) is 2.11. The Hall–Kier alpha value is -1.64. The van der Waals surface area contributed by atoms with Crippen LogP contribution in [0.3, 0.4) is 0 Å². The summed E-state index contributed by atoms with van der Waals surface area (Å²) in [6, 6.07) is 11.6. The smallest absolute Gasteiger partial charge is 0.172 e. The van der Waals surface area contributed by atoms with E-state index >= 15 is 0 Å². The zero-order valence-corrected chi connectivity index (χ0v) is 12.4. The molecule has 20 heavy (non-hydrogen) atoms. The molecule has 4 heteroatoms. The van der Waals surface area contributed by atoms with Crippen LogP contribution < -0.4 is 0 Å². The van der Waals surface area contributed by atoms with Gasteiger partial charge < -0.3 is 9.30 Å². The van der Waals surface area contributed by atoms with Crippen molar-refractivity contribution in [1.82, 2.24) is 4.57 Å². The summed E-state index contributed by atoms with van der Waals surface area (Å²) < 4.78 is 7.63. The Kier molecular flexibility index (Phi) is 3.36. The van der Waals surface area contributed by atoms with Crippen LogP contribution in [0.4, 0.5) is 0 Å². The number of rotatable bonds is 3. The maximum absolute atomic E-state index is 6.12. The van der Waals surface area contributed by atoms with Gasteiger partial charge in [-0.2, -0.15) is 0 Å². The predicted octanol–water partition coefficient (Wildman–Crippen LogP) is 5.78. The molecular formula is C16H13Cl2NO. The molecule has 0 aliphatic carbocycles. The molecule has 0 aliphatic heterocycles. The van der Waals surface area contributed by atoms with Crippen LogP contribution in [0.2, 0.25) is 10.0 Å². The third-order valence-electron chi connectivity index (χ3n) is 3.38. The summed E-state index contributed by atoms with van der Waals surface area (Å²) in [5.74, 6) is 0. The number of fused-ring (bicyclic) bond motifs is 3. The minimum atomic E-state index is -0.158. The van der Waals surface area contributed by atoms with Gasteiger partial charge in [-0.1, -0.05) is 29.8 Å². The second-order valence-electron chi connectivity index (χ2n) is 4.60. The molecule has 0 aliphatic rings. The number of hydrogen-bond acceptors (Lipinski definition) is 1. The second-order valence-corrected chi connectivity index (χ2v) is 5.47. The van der Waals surface area contributed by atoms with Crippen LogP contribution in [0.1, 0.15) is 13.2 Å². The van der Waals surface area contributed by atoms with Crippen LogP contribution in [0.25, 0.3) is 21.8 Å². The lowest BCUT2D eigenvalue weighted by molar-refractivity contribution is 0.107. The van der Waals surface area contributed by atoms with Crippen molar-refractivity contribution in [3.05, 3.63) is 59.3 Å². The van der Waals surface area contributed by atoms with E-state index in [1.165, 1.54) is 6.26 Å². The molecule has 1 atom stereocenters. The highest BCUT2D eigenvalue weighted by Gasteiger charge is 2.15. The van der Waals surface area contributed by atoms with Gasteiger partial charge in [0.05, 0.1) is 17.3 Å². The van der Waals surface area contributed by atoms with Crippen molar-refractivity contribution >= 4 is 45.0 Å². The first-order valence-corrected chi connectivity index (χ1v) is 7.02. The first-order chi connectivity index (χ1) is 9.61. The molecule has 102 valence electrons. The van der Waals surface area contributed by atoms with Crippen LogP contribution in [-0.2, 0) is 4.74 Å². The fourth-order valence-electron chi connectivity index (χ4n) is 2.59. The third-order valence-corrected chi connectivity index (χ3v) is 3.85. The summed E-state index contributed by atoms with van der Waals surface area (Å²) in [7, 11) is 0. The highest BCUT2D eigenvalue weighted by Crippen LogP contribution is 2.35. The lowest BCUT2D eigenvalue weighted by Gasteiger charge is -2.16. The molecule has 0 radical (unpaired) electrons. The lowest BCUT2D eigenvalue weighted by Crippen LogP contribution is -2.05. The molecule has 2 aromatic carbocycles. The Labute approximate surface area is 127 Å². The van der Waals surface area contributed by atoms with Gasteiger partial charge in [0.25, 0.3) is 0 Å². The van der Waals surface area contributed by atoms with Gasteiger partial charge in [-0.25, -0.2) is 0 Å². The Morgan fingerprint density at radius 1 is 1.05 bits per heavy atom. The van der Waals surface area contributed by atoms with Gasteiger partial charge in [0, 0.05) is 20.8 Å². The van der Waals surface area contributed by atoms with Gasteiger partial charge in [-0.05, 0) is 43.3 Å². The van der Waals surface area contributed by atoms with Gasteiger partial charge in [0.2, 0.25) is 0 Å². The van der Waals surface area contributed by atoms with Crippen molar-refractivity contribution in [1.29, 1.82) is 0 Å². The second kappa shape index (κ2) is 5.04. The van der Waals surface area contributed by atoms with Gasteiger partial charge in [-0.15, -0.1) is 0 Å². The predicted molar refractivity (Wildman–Crippen MR) is 85.5 cm³/mol. The van der Waals surface area contributed by atoms with Crippen LogP contribution in [0.15, 0.2) is 49.2 Å². The molecule has 0 fully saturated rings. The molecule has 3 aromatic rings. The highest BCUT2D eigenvalue weighted by atomic mass is 35.5. The SMILES string of the molecule is C=CO[C@H](C)n1c2ccc(Cl)cc2c2cc(Cl)ccc21. The molecule has 1 aromatic heterocycles. The lowest BCUT2D eigenvalue weighted by atomic mass is 10.1. The minimum absolute atomic E-state index is 0.158. The fraction of sp³-hybridized carbons (Fsp3) is 0.125. The normalized spacial score (nSPS) is 12.8. The Morgan fingerprint density at radius 2 is 1.55 bits per heavy atom. The molecule has 3 rings (SSSR count). The van der Waals surface area contributed by atoms with Gasteiger partial charge >= 0.3 is 0 Å². The Balaban J connectivity index is 2.43. The zero-order valence-electron chi connectivity index (χ0n) is 10.9. The summed E-state index contributed by atoms with van der Waals surface area (Å²) in [6.07, 6.45) is 1.30. The van der Waals surface area contributed by atoms with E-state index in [1.807, 2.05) is 43.3 Å². The first kappa shape index (κ1) is 13.3. The van der Waals surface area contributed by atoms with Crippen molar-refractivity contribution in [3.63, 3.8) is 0 Å². The minimum Gasteiger partial charge on any atom is -0.479 e. The zero-order chi connectivity index (χ0) is 14.3. The van der Waals surface area contributed by atoms with E-state index in [4.69, 9.17) is 27.9 Å². The molecule has 0 unspecified atom stereocenters. The van der Waals surface area contributed by atoms with Gasteiger partial charge in [-0.3, -0.25) is 0 Å². The van der Waals surface area contributed by atoms with Gasteiger partial charge in [0.1, 0.15) is 0 Å². The summed E-state index contributed by atoms with van der Waals surface area (Å²) in [6.45, 7) is 5.60. The topological polar surface area (TPSA) is 14.2 Å². The standard InChI is InChI=1S/C16H13Cl2NO/c1-3-20-10(2)19-15-6-4-11(17)8-13(15)14-9-12(18)5-7-16(14)19/h3-10H,1H2,2H3/t10-/m1/s1. The number of ether oxygens (including phenoxy) is 1. The van der Waals surface area contributed by atoms with E-state index in [9.17, 15) is 0 Å². The summed E-state index contributed by atoms with van der Waals surface area (Å²) in [5, 5.41) is 3.53. The van der Waals surface area contributed by atoms with Crippen molar-refractivity contribution in [2.24, 2.45) is 0 Å². The maximum Gasteiger partial charge on any atom is 0.172 e. The number of nitrogens with zero attached hydrogens (tertiary/aromatic N) is 1. The number of halogens is 2. The van der Waals surface area contributed by atoms with E-state index in [-0.39, 0.29) is 6.23 Å². The quantitative estimate of drug-likeness (QED) is 0.559. The van der Waals surface area contributed by atoms with E-state index in [0.717, 1.165) is 21.8 Å². The van der Waals surface area contributed by atoms with Crippen LogP contribution in [-0.4, -0.2) is 4.57 Å². The number of aromatic nitrogens is 1. The average molecular weight is 306 g/mol. The maximum atomic E-state index is 6.12. The molecule has 0 spiro atoms. The largest absolute Gasteiger partial charge is 0.479 e. The molecule has 0 N–H and O–H groups in total. The van der Waals surface area contributed by atoms with E-state index in [1.54, 1.807) is 0 Å². The van der Waals surface area contributed by atoms with Crippen molar-refractivity contribution in [3.8, 4) is 0 Å². The van der Waals surface area contributed by atoms with Crippen molar-refractivity contribution < 1.29 is 4.74 Å². The Morgan fingerprint density at radius 3 is 2.00 bits per heavy atom. The third kappa shape index (κ3) is 2.05. The molecule has 1 heterocycles. The molecule has 0 bridgehead atoms. The summed E-state index contributed by atoms with van der Waals surface area (Å²) >= 11 is 12.2. The first-order valence-electron chi connectivity index (χ1n) is 6.27. The molecule has 0 saturated heterocycles. The highest BCUT2D eigenvalue weighted by molar-refractivity contribution is 6.33. The fourth-order valence-corrected chi connectivity index (χ4v) is 2.93. The monoisotopic (exact) mass is 305 g/mol.